The van der Waals surface area contributed by atoms with E-state index >= 15 is 0 Å². The molecule has 0 atom stereocenters. The second-order valence-electron chi connectivity index (χ2n) is 1.38. The van der Waals surface area contributed by atoms with Crippen LogP contribution in [0.4, 0.5) is 0 Å². The molecule has 1 N–H and O–H groups in total. The van der Waals surface area contributed by atoms with Gasteiger partial charge in [0.1, 0.15) is 5.75 Å². The van der Waals surface area contributed by atoms with Crippen molar-refractivity contribution in [3.05, 3.63) is 28.7 Å². The van der Waals surface area contributed by atoms with Crippen molar-refractivity contribution in [3.8, 4) is 5.75 Å². The molecule has 0 fully saturated rings. The third-order valence-electron chi connectivity index (χ3n) is 0.792. The fourth-order valence-electron chi connectivity index (χ4n) is 0.402. The summed E-state index contributed by atoms with van der Waals surface area (Å²) < 4.78 is 0.681. The van der Waals surface area contributed by atoms with Gasteiger partial charge in [0.25, 0.3) is 0 Å². The number of rotatable bonds is 0. The highest BCUT2D eigenvalue weighted by Gasteiger charge is 1.89. The van der Waals surface area contributed by atoms with E-state index in [1.54, 1.807) is 18.2 Å². The molecule has 2 heteroatoms. The molecule has 0 spiro atoms. The third kappa shape index (κ3) is 1.01. The Morgan fingerprint density at radius 2 is 2.38 bits per heavy atom. The molecule has 0 bridgehead atoms. The minimum atomic E-state index is 0.253. The molecular formula is C6H4BrO. The Kier molecular flexibility index (Phi) is 1.53. The fourth-order valence-corrected chi connectivity index (χ4v) is 0.666. The lowest BCUT2D eigenvalue weighted by Gasteiger charge is -1.89. The number of benzene rings is 1. The van der Waals surface area contributed by atoms with E-state index in [1.165, 1.54) is 0 Å². The third-order valence-corrected chi connectivity index (χ3v) is 1.43. The summed E-state index contributed by atoms with van der Waals surface area (Å²) in [4.78, 5) is 0. The minimum Gasteiger partial charge on any atom is -0.507 e. The van der Waals surface area contributed by atoms with Crippen molar-refractivity contribution in [2.24, 2.45) is 0 Å². The molecule has 1 nitrogen and oxygen atoms in total. The lowest BCUT2D eigenvalue weighted by atomic mass is 10.3. The summed E-state index contributed by atoms with van der Waals surface area (Å²) in [5.74, 6) is 0.253. The first-order valence-electron chi connectivity index (χ1n) is 2.15. The van der Waals surface area contributed by atoms with Crippen molar-refractivity contribution >= 4 is 15.9 Å². The summed E-state index contributed by atoms with van der Waals surface area (Å²) in [7, 11) is 0. The lowest BCUT2D eigenvalue weighted by Crippen LogP contribution is -1.63. The van der Waals surface area contributed by atoms with Gasteiger partial charge in [-0.2, -0.15) is 0 Å². The van der Waals surface area contributed by atoms with Crippen LogP contribution < -0.4 is 0 Å². The molecule has 8 heavy (non-hydrogen) atoms. The lowest BCUT2D eigenvalue weighted by molar-refractivity contribution is 0.472. The summed E-state index contributed by atoms with van der Waals surface area (Å²) in [6.07, 6.45) is 0. The Bertz CT molecular complexity index is 165. The van der Waals surface area contributed by atoms with Gasteiger partial charge < -0.3 is 5.11 Å². The van der Waals surface area contributed by atoms with Gasteiger partial charge in [0.15, 0.2) is 0 Å². The van der Waals surface area contributed by atoms with Crippen molar-refractivity contribution in [2.75, 3.05) is 0 Å². The molecule has 0 unspecified atom stereocenters. The zero-order chi connectivity index (χ0) is 5.98. The number of hydrogen-bond donors (Lipinski definition) is 1. The summed E-state index contributed by atoms with van der Waals surface area (Å²) >= 11 is 3.11. The summed E-state index contributed by atoms with van der Waals surface area (Å²) in [6.45, 7) is 0. The number of phenolic OH excluding ortho intramolecular Hbond substituents is 1. The zero-order valence-electron chi connectivity index (χ0n) is 4.06. The zero-order valence-corrected chi connectivity index (χ0v) is 5.64. The van der Waals surface area contributed by atoms with E-state index in [9.17, 15) is 0 Å². The van der Waals surface area contributed by atoms with E-state index in [0.29, 0.717) is 4.47 Å². The van der Waals surface area contributed by atoms with Crippen LogP contribution >= 0.6 is 15.9 Å². The second-order valence-corrected chi connectivity index (χ2v) is 2.23. The smallest absolute Gasteiger partial charge is 0.129 e. The molecule has 0 saturated carbocycles. The first kappa shape index (κ1) is 5.63. The van der Waals surface area contributed by atoms with Gasteiger partial charge in [-0.15, -0.1) is 0 Å². The van der Waals surface area contributed by atoms with Crippen molar-refractivity contribution in [1.82, 2.24) is 0 Å². The van der Waals surface area contributed by atoms with E-state index in [1.807, 2.05) is 0 Å². The maximum Gasteiger partial charge on any atom is 0.129 e. The van der Waals surface area contributed by atoms with Crippen LogP contribution in [0.2, 0.25) is 0 Å². The van der Waals surface area contributed by atoms with Crippen LogP contribution in [0, 0.1) is 6.07 Å². The van der Waals surface area contributed by atoms with Gasteiger partial charge in [-0.3, -0.25) is 0 Å². The van der Waals surface area contributed by atoms with Crippen LogP contribution in [-0.4, -0.2) is 5.11 Å². The van der Waals surface area contributed by atoms with Gasteiger partial charge in [-0.05, 0) is 34.1 Å². The van der Waals surface area contributed by atoms with Crippen LogP contribution in [0.5, 0.6) is 5.75 Å². The van der Waals surface area contributed by atoms with E-state index in [0.717, 1.165) is 0 Å². The van der Waals surface area contributed by atoms with E-state index in [4.69, 9.17) is 5.11 Å². The number of halogens is 1. The van der Waals surface area contributed by atoms with Gasteiger partial charge in [0.05, 0.1) is 4.47 Å². The molecule has 1 radical (unpaired) electrons. The van der Waals surface area contributed by atoms with Crippen LogP contribution in [0.3, 0.4) is 0 Å². The first-order chi connectivity index (χ1) is 3.80. The molecule has 0 aromatic heterocycles. The monoisotopic (exact) mass is 171 g/mol. The van der Waals surface area contributed by atoms with Gasteiger partial charge >= 0.3 is 0 Å². The van der Waals surface area contributed by atoms with Gasteiger partial charge in [-0.1, -0.05) is 6.07 Å². The normalized spacial score (nSPS) is 9.12. The Hall–Kier alpha value is -0.500. The first-order valence-corrected chi connectivity index (χ1v) is 2.94. The maximum atomic E-state index is 8.85. The second kappa shape index (κ2) is 2.18. The Labute approximate surface area is 56.1 Å². The SMILES string of the molecule is Oc1cc[c]cc1Br. The van der Waals surface area contributed by atoms with Crippen LogP contribution in [0.25, 0.3) is 0 Å². The average Bonchev–Trinajstić information content (AvgIpc) is 1.77. The Morgan fingerprint density at radius 3 is 2.75 bits per heavy atom. The molecule has 41 valence electrons. The summed E-state index contributed by atoms with van der Waals surface area (Å²) in [5, 5.41) is 8.85. The highest BCUT2D eigenvalue weighted by molar-refractivity contribution is 9.10. The average molecular weight is 172 g/mol. The van der Waals surface area contributed by atoms with Gasteiger partial charge in [0.2, 0.25) is 0 Å². The predicted octanol–water partition coefficient (Wildman–Crippen LogP) is 1.95. The van der Waals surface area contributed by atoms with Crippen molar-refractivity contribution in [2.45, 2.75) is 0 Å². The van der Waals surface area contributed by atoms with E-state index < -0.39 is 0 Å². The maximum absolute atomic E-state index is 8.85. The molecule has 1 aromatic rings. The highest BCUT2D eigenvalue weighted by atomic mass is 79.9. The van der Waals surface area contributed by atoms with Crippen molar-refractivity contribution in [3.63, 3.8) is 0 Å². The Balaban J connectivity index is 3.13. The van der Waals surface area contributed by atoms with E-state index in [-0.39, 0.29) is 5.75 Å². The molecule has 0 saturated heterocycles. The molecule has 0 aliphatic heterocycles. The summed E-state index contributed by atoms with van der Waals surface area (Å²) in [6, 6.07) is 7.68. The Morgan fingerprint density at radius 1 is 1.62 bits per heavy atom. The van der Waals surface area contributed by atoms with Gasteiger partial charge in [0, 0.05) is 0 Å². The minimum absolute atomic E-state index is 0.253. The molecular weight excluding hydrogens is 168 g/mol. The van der Waals surface area contributed by atoms with Crippen LogP contribution in [0.1, 0.15) is 0 Å². The molecule has 1 aromatic carbocycles. The van der Waals surface area contributed by atoms with Crippen LogP contribution in [-0.2, 0) is 0 Å². The van der Waals surface area contributed by atoms with Crippen molar-refractivity contribution in [1.29, 1.82) is 0 Å². The largest absolute Gasteiger partial charge is 0.507 e. The number of aromatic hydroxyl groups is 1. The predicted molar refractivity (Wildman–Crippen MR) is 34.6 cm³/mol. The summed E-state index contributed by atoms with van der Waals surface area (Å²) in [5.41, 5.74) is 0. The fraction of sp³-hybridized carbons (Fsp3) is 0. The molecule has 1 rings (SSSR count). The van der Waals surface area contributed by atoms with Crippen LogP contribution in [0.15, 0.2) is 22.7 Å². The topological polar surface area (TPSA) is 20.2 Å². The highest BCUT2D eigenvalue weighted by Crippen LogP contribution is 2.20. The standard InChI is InChI=1S/C6H4BrO/c7-5-3-1-2-4-6(5)8/h2-4,8H. The molecule has 0 aliphatic rings. The number of hydrogen-bond acceptors (Lipinski definition) is 1. The quantitative estimate of drug-likeness (QED) is 0.634. The van der Waals surface area contributed by atoms with Crippen molar-refractivity contribution < 1.29 is 5.11 Å². The molecule has 0 heterocycles. The molecule has 0 aliphatic carbocycles. The van der Waals surface area contributed by atoms with E-state index in [2.05, 4.69) is 22.0 Å². The number of phenols is 1. The van der Waals surface area contributed by atoms with Gasteiger partial charge in [-0.25, -0.2) is 0 Å². The molecule has 0 amide bonds.